The van der Waals surface area contributed by atoms with Gasteiger partial charge in [0, 0.05) is 11.8 Å². The van der Waals surface area contributed by atoms with Crippen molar-refractivity contribution in [2.24, 2.45) is 0 Å². The van der Waals surface area contributed by atoms with Crippen molar-refractivity contribution in [3.05, 3.63) is 57.7 Å². The Morgan fingerprint density at radius 2 is 0.958 bits per heavy atom. The monoisotopic (exact) mass is 330 g/mol. The van der Waals surface area contributed by atoms with Crippen molar-refractivity contribution in [3.63, 3.8) is 0 Å². The minimum Gasteiger partial charge on any atom is -0.478 e. The first-order chi connectivity index (χ1) is 11.2. The van der Waals surface area contributed by atoms with Crippen molar-refractivity contribution in [1.29, 1.82) is 0 Å². The second-order valence-corrected chi connectivity index (χ2v) is 5.46. The summed E-state index contributed by atoms with van der Waals surface area (Å²) in [5.41, 5.74) is -0.540. The van der Waals surface area contributed by atoms with E-state index in [1.54, 1.807) is 0 Å². The highest BCUT2D eigenvalue weighted by Crippen LogP contribution is 2.52. The van der Waals surface area contributed by atoms with Gasteiger partial charge in [-0.3, -0.25) is 0 Å². The average Bonchev–Trinajstić information content (AvgIpc) is 2.49. The van der Waals surface area contributed by atoms with Gasteiger partial charge < -0.3 is 20.4 Å². The zero-order chi connectivity index (χ0) is 17.8. The molecule has 8 nitrogen and oxygen atoms in total. The van der Waals surface area contributed by atoms with E-state index in [-0.39, 0.29) is 11.1 Å². The van der Waals surface area contributed by atoms with Crippen LogP contribution in [0.5, 0.6) is 0 Å². The van der Waals surface area contributed by atoms with Crippen LogP contribution in [0.25, 0.3) is 0 Å². The molecule has 0 heterocycles. The van der Waals surface area contributed by atoms with Crippen LogP contribution in [0.2, 0.25) is 0 Å². The van der Waals surface area contributed by atoms with E-state index in [0.29, 0.717) is 11.1 Å². The van der Waals surface area contributed by atoms with Gasteiger partial charge in [0.05, 0.1) is 22.3 Å². The molecule has 0 aliphatic heterocycles. The zero-order valence-electron chi connectivity index (χ0n) is 11.9. The highest BCUT2D eigenvalue weighted by Gasteiger charge is 2.42. The van der Waals surface area contributed by atoms with Crippen LogP contribution in [0.1, 0.15) is 43.7 Å². The van der Waals surface area contributed by atoms with Gasteiger partial charge in [-0.1, -0.05) is 12.2 Å². The molecule has 0 saturated carbocycles. The molecular formula is C16H10O8. The molecule has 0 fully saturated rings. The Morgan fingerprint density at radius 3 is 1.21 bits per heavy atom. The molecule has 3 rings (SSSR count). The zero-order valence-corrected chi connectivity index (χ0v) is 11.9. The normalized spacial score (nSPS) is 20.7. The van der Waals surface area contributed by atoms with E-state index >= 15 is 0 Å². The first-order valence-corrected chi connectivity index (χ1v) is 6.77. The molecule has 0 saturated heterocycles. The molecule has 24 heavy (non-hydrogen) atoms. The molecule has 2 atom stereocenters. The van der Waals surface area contributed by atoms with Crippen LogP contribution in [0.4, 0.5) is 0 Å². The van der Waals surface area contributed by atoms with Crippen molar-refractivity contribution in [3.8, 4) is 0 Å². The Morgan fingerprint density at radius 1 is 0.625 bits per heavy atom. The molecule has 122 valence electrons. The molecule has 2 aliphatic carbocycles. The molecule has 8 heteroatoms. The van der Waals surface area contributed by atoms with Gasteiger partial charge >= 0.3 is 23.9 Å². The minimum absolute atomic E-state index is 0.367. The van der Waals surface area contributed by atoms with Crippen LogP contribution in [-0.2, 0) is 9.59 Å². The standard InChI is InChI=1S/C16H10O8/c17-13(18)9-1-5-6(2-10(9)14(19)20)8-4-12(16(23)24)11(15(21)22)3-7(5)8/h1-6H,(H,17,18)(H,19,20)(H,21,22)(H,23,24). The predicted octanol–water partition coefficient (Wildman–Crippen LogP) is 1.30. The Kier molecular flexibility index (Phi) is 3.26. The maximum absolute atomic E-state index is 11.2. The van der Waals surface area contributed by atoms with Crippen LogP contribution >= 0.6 is 0 Å². The van der Waals surface area contributed by atoms with Gasteiger partial charge in [-0.15, -0.1) is 0 Å². The topological polar surface area (TPSA) is 149 Å². The quantitative estimate of drug-likeness (QED) is 0.645. The number of benzene rings is 1. The number of carbonyl (C=O) groups is 4. The Balaban J connectivity index is 2.18. The fourth-order valence-electron chi connectivity index (χ4n) is 3.15. The summed E-state index contributed by atoms with van der Waals surface area (Å²) >= 11 is 0. The third-order valence-corrected chi connectivity index (χ3v) is 4.23. The molecular weight excluding hydrogens is 320 g/mol. The maximum Gasteiger partial charge on any atom is 0.336 e. The van der Waals surface area contributed by atoms with E-state index in [0.717, 1.165) is 0 Å². The third kappa shape index (κ3) is 2.08. The lowest BCUT2D eigenvalue weighted by Gasteiger charge is -2.39. The number of rotatable bonds is 4. The van der Waals surface area contributed by atoms with Gasteiger partial charge in [0.1, 0.15) is 0 Å². The largest absolute Gasteiger partial charge is 0.478 e. The molecule has 1 aromatic carbocycles. The van der Waals surface area contributed by atoms with Crippen LogP contribution in [0.15, 0.2) is 35.4 Å². The Labute approximate surface area is 134 Å². The minimum atomic E-state index is -1.40. The number of carboxylic acids is 4. The predicted molar refractivity (Wildman–Crippen MR) is 77.3 cm³/mol. The summed E-state index contributed by atoms with van der Waals surface area (Å²) in [4.78, 5) is 44.9. The van der Waals surface area contributed by atoms with Gasteiger partial charge in [0.25, 0.3) is 0 Å². The number of carboxylic acid groups (broad SMARTS) is 4. The van der Waals surface area contributed by atoms with Crippen molar-refractivity contribution in [2.45, 2.75) is 11.8 Å². The molecule has 2 unspecified atom stereocenters. The SMILES string of the molecule is O=C(O)C1=CC2c3cc(C(=O)O)c(C(=O)O)cc3C2C=C1C(=O)O. The number of hydrogen-bond acceptors (Lipinski definition) is 4. The fraction of sp³-hybridized carbons (Fsp3) is 0.125. The molecule has 0 amide bonds. The molecule has 0 bridgehead atoms. The lowest BCUT2D eigenvalue weighted by molar-refractivity contribution is -0.136. The number of aliphatic carboxylic acids is 2. The molecule has 2 aliphatic rings. The molecule has 0 aromatic heterocycles. The summed E-state index contributed by atoms with van der Waals surface area (Å²) < 4.78 is 0. The summed E-state index contributed by atoms with van der Waals surface area (Å²) in [7, 11) is 0. The maximum atomic E-state index is 11.2. The van der Waals surface area contributed by atoms with E-state index in [4.69, 9.17) is 20.4 Å². The van der Waals surface area contributed by atoms with Crippen molar-refractivity contribution >= 4 is 23.9 Å². The van der Waals surface area contributed by atoms with Crippen LogP contribution in [-0.4, -0.2) is 44.3 Å². The second kappa shape index (κ2) is 5.05. The van der Waals surface area contributed by atoms with Gasteiger partial charge in [-0.2, -0.15) is 0 Å². The summed E-state index contributed by atoms with van der Waals surface area (Å²) in [5.74, 6) is -6.57. The van der Waals surface area contributed by atoms with Gasteiger partial charge in [0.15, 0.2) is 0 Å². The lowest BCUT2D eigenvalue weighted by atomic mass is 9.63. The second-order valence-electron chi connectivity index (χ2n) is 5.46. The third-order valence-electron chi connectivity index (χ3n) is 4.23. The molecule has 1 aromatic rings. The van der Waals surface area contributed by atoms with Crippen molar-refractivity contribution < 1.29 is 39.6 Å². The van der Waals surface area contributed by atoms with E-state index in [1.807, 2.05) is 0 Å². The van der Waals surface area contributed by atoms with E-state index < -0.39 is 46.8 Å². The van der Waals surface area contributed by atoms with E-state index in [9.17, 15) is 19.2 Å². The molecule has 0 spiro atoms. The molecule has 0 radical (unpaired) electrons. The number of fused-ring (bicyclic) bond motifs is 4. The fourth-order valence-corrected chi connectivity index (χ4v) is 3.15. The van der Waals surface area contributed by atoms with Gasteiger partial charge in [0.2, 0.25) is 0 Å². The lowest BCUT2D eigenvalue weighted by Crippen LogP contribution is -2.29. The average molecular weight is 330 g/mol. The van der Waals surface area contributed by atoms with Crippen LogP contribution in [0.3, 0.4) is 0 Å². The van der Waals surface area contributed by atoms with Gasteiger partial charge in [-0.05, 0) is 23.3 Å². The van der Waals surface area contributed by atoms with Crippen LogP contribution in [0, 0.1) is 0 Å². The van der Waals surface area contributed by atoms with Crippen LogP contribution < -0.4 is 0 Å². The highest BCUT2D eigenvalue weighted by atomic mass is 16.4. The van der Waals surface area contributed by atoms with E-state index in [2.05, 4.69) is 0 Å². The smallest absolute Gasteiger partial charge is 0.336 e. The van der Waals surface area contributed by atoms with Crippen molar-refractivity contribution in [1.82, 2.24) is 0 Å². The first-order valence-electron chi connectivity index (χ1n) is 6.77. The highest BCUT2D eigenvalue weighted by molar-refractivity contribution is 6.07. The van der Waals surface area contributed by atoms with Crippen molar-refractivity contribution in [2.75, 3.05) is 0 Å². The Bertz CT molecular complexity index is 817. The first kappa shape index (κ1) is 15.5. The summed E-state index contributed by atoms with van der Waals surface area (Å²) in [6, 6.07) is 2.41. The number of allylic oxidation sites excluding steroid dienone is 2. The summed E-state index contributed by atoms with van der Waals surface area (Å²) in [5, 5.41) is 36.6. The molecule has 4 N–H and O–H groups in total. The summed E-state index contributed by atoms with van der Waals surface area (Å²) in [6.45, 7) is 0. The Hall–Kier alpha value is -3.42. The number of aromatic carboxylic acids is 2. The summed E-state index contributed by atoms with van der Waals surface area (Å²) in [6.07, 6.45) is 2.54. The van der Waals surface area contributed by atoms with E-state index in [1.165, 1.54) is 24.3 Å². The van der Waals surface area contributed by atoms with Gasteiger partial charge in [-0.25, -0.2) is 19.2 Å². The number of hydrogen-bond donors (Lipinski definition) is 4.